The number of rotatable bonds is 4. The molecule has 0 rings (SSSR count). The lowest BCUT2D eigenvalue weighted by Crippen LogP contribution is -2.33. The zero-order valence-corrected chi connectivity index (χ0v) is 6.29. The van der Waals surface area contributed by atoms with Gasteiger partial charge in [0.05, 0.1) is 6.61 Å². The summed E-state index contributed by atoms with van der Waals surface area (Å²) in [5, 5.41) is 8.66. The maximum absolute atomic E-state index is 8.66. The molecule has 1 N–H and O–H groups in total. The van der Waals surface area contributed by atoms with Gasteiger partial charge < -0.3 is 9.84 Å². The van der Waals surface area contributed by atoms with Crippen LogP contribution < -0.4 is 0 Å². The Morgan fingerprint density at radius 1 is 1.56 bits per heavy atom. The van der Waals surface area contributed by atoms with Crippen molar-refractivity contribution in [2.24, 2.45) is 0 Å². The number of aliphatic hydroxyl groups excluding tert-OH is 1. The van der Waals surface area contributed by atoms with Gasteiger partial charge in [-0.1, -0.05) is 0 Å². The quantitative estimate of drug-likeness (QED) is 0.544. The van der Waals surface area contributed by atoms with Gasteiger partial charge in [0.2, 0.25) is 0 Å². The van der Waals surface area contributed by atoms with Crippen molar-refractivity contribution >= 4 is 0 Å². The maximum Gasteiger partial charge on any atom is 0.133 e. The standard InChI is InChI=1S/C6H15NO2/c1-4-9-6(5-8)7(2)3/h6,8H,4-5H2,1-3H3. The van der Waals surface area contributed by atoms with Crippen molar-refractivity contribution in [2.45, 2.75) is 13.2 Å². The molecule has 1 atom stereocenters. The normalized spacial score (nSPS) is 14.3. The molecule has 0 bridgehead atoms. The van der Waals surface area contributed by atoms with E-state index in [1.807, 2.05) is 25.9 Å². The lowest BCUT2D eigenvalue weighted by Gasteiger charge is -2.21. The van der Waals surface area contributed by atoms with E-state index in [0.29, 0.717) is 6.61 Å². The van der Waals surface area contributed by atoms with Gasteiger partial charge in [-0.3, -0.25) is 4.90 Å². The topological polar surface area (TPSA) is 32.7 Å². The summed E-state index contributed by atoms with van der Waals surface area (Å²) in [6.07, 6.45) is -0.144. The molecule has 56 valence electrons. The SMILES string of the molecule is CCOC(CO)N(C)C. The highest BCUT2D eigenvalue weighted by Gasteiger charge is 2.06. The van der Waals surface area contributed by atoms with Crippen LogP contribution in [0.1, 0.15) is 6.92 Å². The molecule has 0 saturated heterocycles. The number of nitrogens with zero attached hydrogens (tertiary/aromatic N) is 1. The summed E-state index contributed by atoms with van der Waals surface area (Å²) in [5.74, 6) is 0. The molecule has 0 aromatic heterocycles. The second kappa shape index (κ2) is 4.73. The van der Waals surface area contributed by atoms with Crippen LogP contribution >= 0.6 is 0 Å². The summed E-state index contributed by atoms with van der Waals surface area (Å²) in [6, 6.07) is 0. The largest absolute Gasteiger partial charge is 0.392 e. The van der Waals surface area contributed by atoms with Crippen LogP contribution in [0.25, 0.3) is 0 Å². The van der Waals surface area contributed by atoms with Crippen LogP contribution in [0.15, 0.2) is 0 Å². The molecule has 0 fully saturated rings. The Labute approximate surface area is 56.2 Å². The smallest absolute Gasteiger partial charge is 0.133 e. The highest BCUT2D eigenvalue weighted by molar-refractivity contribution is 4.48. The minimum absolute atomic E-state index is 0.0564. The van der Waals surface area contributed by atoms with E-state index in [4.69, 9.17) is 9.84 Å². The predicted octanol–water partition coefficient (Wildman–Crippen LogP) is -0.0971. The first-order valence-corrected chi connectivity index (χ1v) is 3.11. The van der Waals surface area contributed by atoms with Crippen LogP contribution in [-0.4, -0.2) is 43.5 Å². The number of ether oxygens (including phenoxy) is 1. The lowest BCUT2D eigenvalue weighted by molar-refractivity contribution is -0.0614. The summed E-state index contributed by atoms with van der Waals surface area (Å²) in [4.78, 5) is 1.84. The van der Waals surface area contributed by atoms with Crippen molar-refractivity contribution < 1.29 is 9.84 Å². The van der Waals surface area contributed by atoms with E-state index in [0.717, 1.165) is 0 Å². The van der Waals surface area contributed by atoms with Gasteiger partial charge in [-0.05, 0) is 21.0 Å². The van der Waals surface area contributed by atoms with E-state index in [9.17, 15) is 0 Å². The zero-order valence-electron chi connectivity index (χ0n) is 6.29. The summed E-state index contributed by atoms with van der Waals surface area (Å²) >= 11 is 0. The Hall–Kier alpha value is -0.120. The molecular formula is C6H15NO2. The van der Waals surface area contributed by atoms with Gasteiger partial charge in [0, 0.05) is 6.61 Å². The molecule has 0 aliphatic heterocycles. The first-order chi connectivity index (χ1) is 4.22. The summed E-state index contributed by atoms with van der Waals surface area (Å²) < 4.78 is 5.13. The highest BCUT2D eigenvalue weighted by Crippen LogP contribution is 1.92. The van der Waals surface area contributed by atoms with Crippen molar-refractivity contribution in [3.8, 4) is 0 Å². The predicted molar refractivity (Wildman–Crippen MR) is 36.2 cm³/mol. The van der Waals surface area contributed by atoms with E-state index in [2.05, 4.69) is 0 Å². The maximum atomic E-state index is 8.66. The molecule has 9 heavy (non-hydrogen) atoms. The van der Waals surface area contributed by atoms with E-state index in [1.54, 1.807) is 0 Å². The summed E-state index contributed by atoms with van der Waals surface area (Å²) in [6.45, 7) is 2.61. The van der Waals surface area contributed by atoms with Gasteiger partial charge in [0.1, 0.15) is 6.23 Å². The Balaban J connectivity index is 3.41. The second-order valence-electron chi connectivity index (χ2n) is 2.06. The Bertz CT molecular complexity index is 66.1. The molecule has 0 heterocycles. The van der Waals surface area contributed by atoms with Gasteiger partial charge in [-0.25, -0.2) is 0 Å². The fourth-order valence-corrected chi connectivity index (χ4v) is 0.557. The Morgan fingerprint density at radius 3 is 2.22 bits per heavy atom. The lowest BCUT2D eigenvalue weighted by atomic mass is 10.5. The number of hydrogen-bond acceptors (Lipinski definition) is 3. The van der Waals surface area contributed by atoms with Crippen LogP contribution in [-0.2, 0) is 4.74 Å². The van der Waals surface area contributed by atoms with E-state index in [1.165, 1.54) is 0 Å². The minimum atomic E-state index is -0.144. The average molecular weight is 133 g/mol. The van der Waals surface area contributed by atoms with Crippen LogP contribution in [0.2, 0.25) is 0 Å². The summed E-state index contributed by atoms with van der Waals surface area (Å²) in [5.41, 5.74) is 0. The van der Waals surface area contributed by atoms with E-state index >= 15 is 0 Å². The van der Waals surface area contributed by atoms with Gasteiger partial charge in [0.15, 0.2) is 0 Å². The second-order valence-corrected chi connectivity index (χ2v) is 2.06. The Kier molecular flexibility index (Phi) is 4.67. The van der Waals surface area contributed by atoms with Crippen LogP contribution in [0, 0.1) is 0 Å². The number of likely N-dealkylation sites (N-methyl/N-ethyl adjacent to an activating group) is 1. The van der Waals surface area contributed by atoms with Crippen molar-refractivity contribution in [2.75, 3.05) is 27.3 Å². The minimum Gasteiger partial charge on any atom is -0.392 e. The molecule has 1 unspecified atom stereocenters. The van der Waals surface area contributed by atoms with Gasteiger partial charge in [-0.15, -0.1) is 0 Å². The molecule has 0 aliphatic carbocycles. The molecule has 3 heteroatoms. The Morgan fingerprint density at radius 2 is 2.11 bits per heavy atom. The molecule has 0 amide bonds. The third-order valence-corrected chi connectivity index (χ3v) is 1.09. The fourth-order valence-electron chi connectivity index (χ4n) is 0.557. The molecule has 0 aromatic rings. The first kappa shape index (κ1) is 8.88. The van der Waals surface area contributed by atoms with Gasteiger partial charge in [-0.2, -0.15) is 0 Å². The van der Waals surface area contributed by atoms with Gasteiger partial charge in [0.25, 0.3) is 0 Å². The van der Waals surface area contributed by atoms with Crippen LogP contribution in [0.5, 0.6) is 0 Å². The summed E-state index contributed by atoms with van der Waals surface area (Å²) in [7, 11) is 3.74. The monoisotopic (exact) mass is 133 g/mol. The molecule has 0 spiro atoms. The molecule has 0 aromatic carbocycles. The van der Waals surface area contributed by atoms with Gasteiger partial charge >= 0.3 is 0 Å². The van der Waals surface area contributed by atoms with Crippen molar-refractivity contribution in [3.63, 3.8) is 0 Å². The molecule has 0 radical (unpaired) electrons. The highest BCUT2D eigenvalue weighted by atomic mass is 16.5. The third kappa shape index (κ3) is 3.46. The van der Waals surface area contributed by atoms with E-state index in [-0.39, 0.29) is 12.8 Å². The molecular weight excluding hydrogens is 118 g/mol. The van der Waals surface area contributed by atoms with E-state index < -0.39 is 0 Å². The average Bonchev–Trinajstić information content (AvgIpc) is 1.82. The van der Waals surface area contributed by atoms with Crippen molar-refractivity contribution in [1.29, 1.82) is 0 Å². The van der Waals surface area contributed by atoms with Crippen LogP contribution in [0.4, 0.5) is 0 Å². The number of aliphatic hydroxyl groups is 1. The molecule has 0 saturated carbocycles. The third-order valence-electron chi connectivity index (χ3n) is 1.09. The zero-order chi connectivity index (χ0) is 7.28. The molecule has 0 aliphatic rings. The molecule has 3 nitrogen and oxygen atoms in total. The fraction of sp³-hybridized carbons (Fsp3) is 1.00. The van der Waals surface area contributed by atoms with Crippen molar-refractivity contribution in [3.05, 3.63) is 0 Å². The van der Waals surface area contributed by atoms with Crippen molar-refractivity contribution in [1.82, 2.24) is 4.90 Å². The number of hydrogen-bond donors (Lipinski definition) is 1. The first-order valence-electron chi connectivity index (χ1n) is 3.11. The van der Waals surface area contributed by atoms with Crippen LogP contribution in [0.3, 0.4) is 0 Å².